The van der Waals surface area contributed by atoms with Crippen LogP contribution in [0.3, 0.4) is 0 Å². The molecule has 1 aromatic rings. The van der Waals surface area contributed by atoms with Gasteiger partial charge >= 0.3 is 6.18 Å². The highest BCUT2D eigenvalue weighted by Crippen LogP contribution is 2.10. The van der Waals surface area contributed by atoms with Crippen molar-refractivity contribution in [3.63, 3.8) is 0 Å². The molecule has 0 atom stereocenters. The molecule has 0 aliphatic rings. The Labute approximate surface area is 79.3 Å². The lowest BCUT2D eigenvalue weighted by Gasteiger charge is -1.88. The van der Waals surface area contributed by atoms with Gasteiger partial charge in [-0.1, -0.05) is 29.8 Å². The number of terminal acetylenes is 1. The molecule has 70 valence electrons. The monoisotopic (exact) mass is 206 g/mol. The lowest BCUT2D eigenvalue weighted by Crippen LogP contribution is -1.99. The van der Waals surface area contributed by atoms with Gasteiger partial charge in [0.1, 0.15) is 0 Å². The fourth-order valence-corrected chi connectivity index (χ4v) is 0.560. The van der Waals surface area contributed by atoms with Gasteiger partial charge in [0.15, 0.2) is 0 Å². The molecule has 0 aliphatic carbocycles. The zero-order valence-corrected chi connectivity index (χ0v) is 7.23. The van der Waals surface area contributed by atoms with Crippen LogP contribution in [0.4, 0.5) is 13.2 Å². The molecule has 0 N–H and O–H groups in total. The van der Waals surface area contributed by atoms with Crippen LogP contribution in [-0.4, -0.2) is 6.18 Å². The zero-order valence-electron chi connectivity index (χ0n) is 6.48. The maximum absolute atomic E-state index is 10.5. The second kappa shape index (κ2) is 5.50. The van der Waals surface area contributed by atoms with Gasteiger partial charge in [0, 0.05) is 10.9 Å². The van der Waals surface area contributed by atoms with E-state index in [0.29, 0.717) is 5.92 Å². The predicted molar refractivity (Wildman–Crippen MR) is 46.3 cm³/mol. The molecule has 0 aliphatic heterocycles. The molecule has 0 amide bonds. The quantitative estimate of drug-likeness (QED) is 0.570. The van der Waals surface area contributed by atoms with E-state index in [-0.39, 0.29) is 0 Å². The van der Waals surface area contributed by atoms with Gasteiger partial charge in [-0.3, -0.25) is 0 Å². The minimum Gasteiger partial charge on any atom is -0.159 e. The highest BCUT2D eigenvalue weighted by Gasteiger charge is 2.21. The van der Waals surface area contributed by atoms with E-state index in [2.05, 4.69) is 6.42 Å². The molecule has 0 aromatic heterocycles. The largest absolute Gasteiger partial charge is 0.457 e. The van der Waals surface area contributed by atoms with Crippen molar-refractivity contribution in [2.24, 2.45) is 0 Å². The second-order valence-electron chi connectivity index (χ2n) is 1.94. The molecule has 0 unspecified atom stereocenters. The molecular formula is C9H6ClF3. The van der Waals surface area contributed by atoms with Crippen LogP contribution < -0.4 is 0 Å². The molecule has 13 heavy (non-hydrogen) atoms. The van der Waals surface area contributed by atoms with Gasteiger partial charge in [-0.25, -0.2) is 0 Å². The van der Waals surface area contributed by atoms with Crippen LogP contribution in [0.5, 0.6) is 0 Å². The van der Waals surface area contributed by atoms with Gasteiger partial charge < -0.3 is 0 Å². The lowest BCUT2D eigenvalue weighted by atomic mass is 10.4. The molecule has 0 saturated carbocycles. The molecule has 1 aromatic carbocycles. The third-order valence-electron chi connectivity index (χ3n) is 0.897. The standard InChI is InChI=1S/C6H5Cl.C3HF3/c7-6-4-2-1-3-5-6;1-2-3(4,5)6/h1-5H;1H. The minimum atomic E-state index is -4.43. The number of halogens is 4. The summed E-state index contributed by atoms with van der Waals surface area (Å²) in [5, 5.41) is 0.794. The van der Waals surface area contributed by atoms with E-state index in [1.165, 1.54) is 0 Å². The van der Waals surface area contributed by atoms with Gasteiger partial charge in [-0.05, 0) is 12.1 Å². The molecule has 0 saturated heterocycles. The Hall–Kier alpha value is -1.14. The summed E-state index contributed by atoms with van der Waals surface area (Å²) in [4.78, 5) is 0. The summed E-state index contributed by atoms with van der Waals surface area (Å²) in [5.41, 5.74) is 0. The second-order valence-corrected chi connectivity index (χ2v) is 2.37. The Bertz CT molecular complexity index is 271. The van der Waals surface area contributed by atoms with Crippen LogP contribution >= 0.6 is 11.6 Å². The van der Waals surface area contributed by atoms with Crippen LogP contribution in [0, 0.1) is 12.3 Å². The summed E-state index contributed by atoms with van der Waals surface area (Å²) in [5.74, 6) is 0.604. The van der Waals surface area contributed by atoms with E-state index in [1.54, 1.807) is 0 Å². The Kier molecular flexibility index (Phi) is 5.01. The minimum absolute atomic E-state index is 0.604. The van der Waals surface area contributed by atoms with Crippen molar-refractivity contribution in [1.82, 2.24) is 0 Å². The third kappa shape index (κ3) is 8.77. The maximum atomic E-state index is 10.5. The molecule has 0 nitrogen and oxygen atoms in total. The van der Waals surface area contributed by atoms with Gasteiger partial charge in [0.05, 0.1) is 0 Å². The van der Waals surface area contributed by atoms with Crippen molar-refractivity contribution in [1.29, 1.82) is 0 Å². The van der Waals surface area contributed by atoms with Gasteiger partial charge in [-0.15, -0.1) is 6.42 Å². The SMILES string of the molecule is C#CC(F)(F)F.Clc1ccccc1. The average molecular weight is 207 g/mol. The number of hydrogen-bond acceptors (Lipinski definition) is 0. The topological polar surface area (TPSA) is 0 Å². The van der Waals surface area contributed by atoms with Crippen molar-refractivity contribution < 1.29 is 13.2 Å². The van der Waals surface area contributed by atoms with E-state index in [4.69, 9.17) is 11.6 Å². The summed E-state index contributed by atoms with van der Waals surface area (Å²) in [6, 6.07) is 9.44. The molecule has 4 heteroatoms. The van der Waals surface area contributed by atoms with Crippen molar-refractivity contribution in [3.05, 3.63) is 35.4 Å². The van der Waals surface area contributed by atoms with Crippen LogP contribution in [-0.2, 0) is 0 Å². The zero-order chi connectivity index (χ0) is 10.3. The number of hydrogen-bond donors (Lipinski definition) is 0. The fourth-order valence-electron chi connectivity index (χ4n) is 0.415. The van der Waals surface area contributed by atoms with Gasteiger partial charge in [0.25, 0.3) is 0 Å². The Morgan fingerprint density at radius 1 is 1.15 bits per heavy atom. The normalized spacial score (nSPS) is 9.46. The van der Waals surface area contributed by atoms with E-state index in [0.717, 1.165) is 5.02 Å². The van der Waals surface area contributed by atoms with Crippen molar-refractivity contribution in [2.45, 2.75) is 6.18 Å². The maximum Gasteiger partial charge on any atom is 0.457 e. The molecular weight excluding hydrogens is 201 g/mol. The molecule has 0 heterocycles. The first-order chi connectivity index (χ1) is 5.95. The van der Waals surface area contributed by atoms with E-state index < -0.39 is 6.18 Å². The van der Waals surface area contributed by atoms with Crippen LogP contribution in [0.1, 0.15) is 0 Å². The first-order valence-corrected chi connectivity index (χ1v) is 3.58. The van der Waals surface area contributed by atoms with E-state index in [1.807, 2.05) is 30.3 Å². The van der Waals surface area contributed by atoms with Gasteiger partial charge in [0.2, 0.25) is 0 Å². The third-order valence-corrected chi connectivity index (χ3v) is 1.15. The van der Waals surface area contributed by atoms with Crippen LogP contribution in [0.2, 0.25) is 5.02 Å². The molecule has 0 fully saturated rings. The van der Waals surface area contributed by atoms with Crippen molar-refractivity contribution in [3.8, 4) is 12.3 Å². The van der Waals surface area contributed by atoms with Crippen molar-refractivity contribution >= 4 is 11.6 Å². The van der Waals surface area contributed by atoms with E-state index in [9.17, 15) is 13.2 Å². The highest BCUT2D eigenvalue weighted by atomic mass is 35.5. The van der Waals surface area contributed by atoms with Crippen LogP contribution in [0.15, 0.2) is 30.3 Å². The first kappa shape index (κ1) is 11.9. The summed E-state index contributed by atoms with van der Waals surface area (Å²) in [6.45, 7) is 0. The summed E-state index contributed by atoms with van der Waals surface area (Å²) in [7, 11) is 0. The fraction of sp³-hybridized carbons (Fsp3) is 0.111. The summed E-state index contributed by atoms with van der Waals surface area (Å²) in [6.07, 6.45) is -0.500. The van der Waals surface area contributed by atoms with Gasteiger partial charge in [-0.2, -0.15) is 13.2 Å². The molecule has 0 spiro atoms. The Morgan fingerprint density at radius 3 is 1.69 bits per heavy atom. The first-order valence-electron chi connectivity index (χ1n) is 3.21. The predicted octanol–water partition coefficient (Wildman–Crippen LogP) is 3.52. The average Bonchev–Trinajstić information content (AvgIpc) is 2.06. The smallest absolute Gasteiger partial charge is 0.159 e. The number of rotatable bonds is 0. The van der Waals surface area contributed by atoms with Crippen molar-refractivity contribution in [2.75, 3.05) is 0 Å². The van der Waals surface area contributed by atoms with E-state index >= 15 is 0 Å². The summed E-state index contributed by atoms with van der Waals surface area (Å²) >= 11 is 5.54. The summed E-state index contributed by atoms with van der Waals surface area (Å²) < 4.78 is 31.6. The number of alkyl halides is 3. The highest BCUT2D eigenvalue weighted by molar-refractivity contribution is 6.30. The number of benzene rings is 1. The molecule has 0 radical (unpaired) electrons. The Balaban J connectivity index is 0.000000226. The molecule has 1 rings (SSSR count). The Morgan fingerprint density at radius 2 is 1.54 bits per heavy atom. The molecule has 0 bridgehead atoms. The lowest BCUT2D eigenvalue weighted by molar-refractivity contribution is -0.0695. The van der Waals surface area contributed by atoms with Crippen LogP contribution in [0.25, 0.3) is 0 Å².